The van der Waals surface area contributed by atoms with E-state index in [4.69, 9.17) is 5.73 Å². The van der Waals surface area contributed by atoms with Crippen LogP contribution in [0.25, 0.3) is 0 Å². The molecule has 0 fully saturated rings. The standard InChI is InChI=1S/C8H7F3N2O/c9-5-2-1-4(3-6(5)12)13-8(14)7(10)11/h1-3,7H,12H2,(H,13,14). The van der Waals surface area contributed by atoms with Crippen LogP contribution >= 0.6 is 0 Å². The lowest BCUT2D eigenvalue weighted by molar-refractivity contribution is -0.126. The first-order chi connectivity index (χ1) is 6.50. The first-order valence-electron chi connectivity index (χ1n) is 3.64. The number of nitrogens with two attached hydrogens (primary N) is 1. The van der Waals surface area contributed by atoms with E-state index < -0.39 is 18.1 Å². The molecule has 0 aliphatic rings. The second-order valence-electron chi connectivity index (χ2n) is 2.53. The van der Waals surface area contributed by atoms with Crippen LogP contribution in [0.5, 0.6) is 0 Å². The van der Waals surface area contributed by atoms with Gasteiger partial charge in [-0.25, -0.2) is 4.39 Å². The molecule has 3 N–H and O–H groups in total. The molecule has 0 saturated heterocycles. The molecule has 1 amide bonds. The van der Waals surface area contributed by atoms with Crippen LogP contribution in [0.4, 0.5) is 24.5 Å². The van der Waals surface area contributed by atoms with Crippen LogP contribution in [0.3, 0.4) is 0 Å². The number of nitrogens with one attached hydrogen (secondary N) is 1. The molecule has 6 heteroatoms. The Morgan fingerprint density at radius 1 is 1.43 bits per heavy atom. The van der Waals surface area contributed by atoms with Crippen LogP contribution in [-0.2, 0) is 4.79 Å². The molecule has 0 heterocycles. The highest BCUT2D eigenvalue weighted by atomic mass is 19.3. The van der Waals surface area contributed by atoms with Crippen molar-refractivity contribution in [2.45, 2.75) is 6.43 Å². The highest BCUT2D eigenvalue weighted by Crippen LogP contribution is 2.16. The average molecular weight is 204 g/mol. The number of benzene rings is 1. The lowest BCUT2D eigenvalue weighted by atomic mass is 10.2. The molecule has 0 spiro atoms. The van der Waals surface area contributed by atoms with Gasteiger partial charge in [-0.1, -0.05) is 0 Å². The number of amides is 1. The number of hydrogen-bond acceptors (Lipinski definition) is 2. The Balaban J connectivity index is 2.78. The number of carbonyl (C=O) groups excluding carboxylic acids is 1. The van der Waals surface area contributed by atoms with Gasteiger partial charge in [0.15, 0.2) is 0 Å². The van der Waals surface area contributed by atoms with Gasteiger partial charge < -0.3 is 11.1 Å². The zero-order chi connectivity index (χ0) is 10.7. The molecule has 1 aromatic carbocycles. The summed E-state index contributed by atoms with van der Waals surface area (Å²) in [6.45, 7) is 0. The van der Waals surface area contributed by atoms with Gasteiger partial charge in [0.1, 0.15) is 5.82 Å². The van der Waals surface area contributed by atoms with Crippen molar-refractivity contribution in [3.63, 3.8) is 0 Å². The Kier molecular flexibility index (Phi) is 2.95. The third kappa shape index (κ3) is 2.38. The smallest absolute Gasteiger partial charge is 0.315 e. The van der Waals surface area contributed by atoms with E-state index in [1.807, 2.05) is 5.32 Å². The predicted octanol–water partition coefficient (Wildman–Crippen LogP) is 1.61. The Morgan fingerprint density at radius 3 is 2.57 bits per heavy atom. The van der Waals surface area contributed by atoms with Crippen LogP contribution in [0.15, 0.2) is 18.2 Å². The average Bonchev–Trinajstić information content (AvgIpc) is 2.11. The molecule has 0 aliphatic heterocycles. The summed E-state index contributed by atoms with van der Waals surface area (Å²) in [5.41, 5.74) is 4.98. The Hall–Kier alpha value is -1.72. The second-order valence-corrected chi connectivity index (χ2v) is 2.53. The van der Waals surface area contributed by atoms with Crippen molar-refractivity contribution in [3.05, 3.63) is 24.0 Å². The number of nitrogen functional groups attached to an aromatic ring is 1. The van der Waals surface area contributed by atoms with Gasteiger partial charge in [-0.2, -0.15) is 8.78 Å². The summed E-state index contributed by atoms with van der Waals surface area (Å²) in [5, 5.41) is 1.87. The third-order valence-electron chi connectivity index (χ3n) is 1.46. The summed E-state index contributed by atoms with van der Waals surface area (Å²) >= 11 is 0. The van der Waals surface area contributed by atoms with Crippen molar-refractivity contribution in [3.8, 4) is 0 Å². The predicted molar refractivity (Wildman–Crippen MR) is 45.4 cm³/mol. The minimum atomic E-state index is -3.11. The van der Waals surface area contributed by atoms with Gasteiger partial charge in [-0.3, -0.25) is 4.79 Å². The van der Waals surface area contributed by atoms with Gasteiger partial charge in [-0.15, -0.1) is 0 Å². The monoisotopic (exact) mass is 204 g/mol. The number of rotatable bonds is 2. The molecule has 0 saturated carbocycles. The highest BCUT2D eigenvalue weighted by Gasteiger charge is 2.15. The second kappa shape index (κ2) is 3.99. The van der Waals surface area contributed by atoms with Crippen LogP contribution in [-0.4, -0.2) is 12.3 Å². The van der Waals surface area contributed by atoms with Crippen LogP contribution in [0, 0.1) is 5.82 Å². The lowest BCUT2D eigenvalue weighted by Gasteiger charge is -2.05. The molecule has 0 aliphatic carbocycles. The molecule has 1 rings (SSSR count). The van der Waals surface area contributed by atoms with E-state index in [2.05, 4.69) is 0 Å². The van der Waals surface area contributed by atoms with E-state index in [1.54, 1.807) is 0 Å². The number of anilines is 2. The maximum Gasteiger partial charge on any atom is 0.315 e. The van der Waals surface area contributed by atoms with Gasteiger partial charge in [-0.05, 0) is 18.2 Å². The van der Waals surface area contributed by atoms with Gasteiger partial charge in [0.2, 0.25) is 0 Å². The minimum Gasteiger partial charge on any atom is -0.396 e. The molecule has 0 radical (unpaired) electrons. The number of halogens is 3. The molecule has 0 aromatic heterocycles. The Morgan fingerprint density at radius 2 is 2.07 bits per heavy atom. The van der Waals surface area contributed by atoms with Gasteiger partial charge >= 0.3 is 6.43 Å². The number of carbonyl (C=O) groups is 1. The van der Waals surface area contributed by atoms with Crippen molar-refractivity contribution in [1.29, 1.82) is 0 Å². The fraction of sp³-hybridized carbons (Fsp3) is 0.125. The first kappa shape index (κ1) is 10.4. The SMILES string of the molecule is Nc1cc(NC(=O)C(F)F)ccc1F. The Labute approximate surface area is 77.7 Å². The summed E-state index contributed by atoms with van der Waals surface area (Å²) in [6, 6.07) is 3.19. The van der Waals surface area contributed by atoms with E-state index >= 15 is 0 Å². The molecule has 0 bridgehead atoms. The molecular weight excluding hydrogens is 197 g/mol. The van der Waals surface area contributed by atoms with Crippen molar-refractivity contribution >= 4 is 17.3 Å². The van der Waals surface area contributed by atoms with E-state index in [9.17, 15) is 18.0 Å². The van der Waals surface area contributed by atoms with Gasteiger partial charge in [0.25, 0.3) is 5.91 Å². The summed E-state index contributed by atoms with van der Waals surface area (Å²) in [5.74, 6) is -2.11. The molecule has 76 valence electrons. The van der Waals surface area contributed by atoms with Gasteiger partial charge in [0, 0.05) is 5.69 Å². The summed E-state index contributed by atoms with van der Waals surface area (Å²) < 4.78 is 36.2. The number of hydrogen-bond donors (Lipinski definition) is 2. The summed E-state index contributed by atoms with van der Waals surface area (Å²) in [4.78, 5) is 10.5. The lowest BCUT2D eigenvalue weighted by Crippen LogP contribution is -2.20. The quantitative estimate of drug-likeness (QED) is 0.719. The van der Waals surface area contributed by atoms with Crippen LogP contribution in [0.1, 0.15) is 0 Å². The van der Waals surface area contributed by atoms with Crippen molar-refractivity contribution in [1.82, 2.24) is 0 Å². The van der Waals surface area contributed by atoms with E-state index in [-0.39, 0.29) is 11.4 Å². The molecule has 0 atom stereocenters. The maximum absolute atomic E-state index is 12.6. The van der Waals surface area contributed by atoms with Crippen LogP contribution < -0.4 is 11.1 Å². The summed E-state index contributed by atoms with van der Waals surface area (Å²) in [7, 11) is 0. The fourth-order valence-corrected chi connectivity index (χ4v) is 0.818. The zero-order valence-corrected chi connectivity index (χ0v) is 6.93. The Bertz CT molecular complexity index is 354. The molecule has 14 heavy (non-hydrogen) atoms. The van der Waals surface area contributed by atoms with Crippen molar-refractivity contribution < 1.29 is 18.0 Å². The fourth-order valence-electron chi connectivity index (χ4n) is 0.818. The van der Waals surface area contributed by atoms with E-state index in [1.165, 1.54) is 0 Å². The molecule has 3 nitrogen and oxygen atoms in total. The molecular formula is C8H7F3N2O. The van der Waals surface area contributed by atoms with Crippen LogP contribution in [0.2, 0.25) is 0 Å². The third-order valence-corrected chi connectivity index (χ3v) is 1.46. The summed E-state index contributed by atoms with van der Waals surface area (Å²) in [6.07, 6.45) is -3.11. The minimum absolute atomic E-state index is 0.0363. The van der Waals surface area contributed by atoms with Crippen molar-refractivity contribution in [2.75, 3.05) is 11.1 Å². The first-order valence-corrected chi connectivity index (χ1v) is 3.64. The van der Waals surface area contributed by atoms with E-state index in [0.29, 0.717) is 0 Å². The number of alkyl halides is 2. The maximum atomic E-state index is 12.6. The van der Waals surface area contributed by atoms with Crippen molar-refractivity contribution in [2.24, 2.45) is 0 Å². The topological polar surface area (TPSA) is 55.1 Å². The molecule has 1 aromatic rings. The largest absolute Gasteiger partial charge is 0.396 e. The zero-order valence-electron chi connectivity index (χ0n) is 6.93. The van der Waals surface area contributed by atoms with Gasteiger partial charge in [0.05, 0.1) is 5.69 Å². The molecule has 0 unspecified atom stereocenters. The normalized spacial score (nSPS) is 10.3. The van der Waals surface area contributed by atoms with E-state index in [0.717, 1.165) is 18.2 Å². The highest BCUT2D eigenvalue weighted by molar-refractivity contribution is 5.93.